The summed E-state index contributed by atoms with van der Waals surface area (Å²) in [5.41, 5.74) is 0. The molecule has 2 saturated heterocycles. The van der Waals surface area contributed by atoms with Gasteiger partial charge in [-0.05, 0) is 58.3 Å². The lowest BCUT2D eigenvalue weighted by Crippen LogP contribution is -2.43. The fourth-order valence-corrected chi connectivity index (χ4v) is 3.43. The molecule has 0 amide bonds. The SMILES string of the molecule is CCNC(=NCC1CCN(CC)C1)NCCN1CCCCC1. The highest BCUT2D eigenvalue weighted by Crippen LogP contribution is 2.15. The molecule has 0 spiro atoms. The van der Waals surface area contributed by atoms with Crippen LogP contribution in [0.5, 0.6) is 0 Å². The Morgan fingerprint density at radius 1 is 1.05 bits per heavy atom. The van der Waals surface area contributed by atoms with E-state index in [-0.39, 0.29) is 0 Å². The summed E-state index contributed by atoms with van der Waals surface area (Å²) in [7, 11) is 0. The third kappa shape index (κ3) is 6.13. The third-order valence-corrected chi connectivity index (χ3v) is 4.84. The number of piperidine rings is 1. The van der Waals surface area contributed by atoms with Crippen LogP contribution in [0.3, 0.4) is 0 Å². The van der Waals surface area contributed by atoms with Gasteiger partial charge in [0.05, 0.1) is 0 Å². The maximum atomic E-state index is 4.80. The van der Waals surface area contributed by atoms with Crippen LogP contribution in [0.25, 0.3) is 0 Å². The van der Waals surface area contributed by atoms with Crippen molar-refractivity contribution in [2.24, 2.45) is 10.9 Å². The fourth-order valence-electron chi connectivity index (χ4n) is 3.43. The number of likely N-dealkylation sites (tertiary alicyclic amines) is 2. The second-order valence-corrected chi connectivity index (χ2v) is 6.60. The molecule has 0 aromatic heterocycles. The number of aliphatic imine (C=N–C) groups is 1. The highest BCUT2D eigenvalue weighted by atomic mass is 15.2. The van der Waals surface area contributed by atoms with Gasteiger partial charge >= 0.3 is 0 Å². The Morgan fingerprint density at radius 2 is 1.86 bits per heavy atom. The monoisotopic (exact) mass is 309 g/mol. The summed E-state index contributed by atoms with van der Waals surface area (Å²) in [6.07, 6.45) is 5.43. The van der Waals surface area contributed by atoms with Crippen molar-refractivity contribution in [3.05, 3.63) is 0 Å². The van der Waals surface area contributed by atoms with Crippen molar-refractivity contribution in [1.82, 2.24) is 20.4 Å². The van der Waals surface area contributed by atoms with Crippen LogP contribution in [0.4, 0.5) is 0 Å². The first-order valence-corrected chi connectivity index (χ1v) is 9.28. The molecule has 0 saturated carbocycles. The van der Waals surface area contributed by atoms with Crippen molar-refractivity contribution in [1.29, 1.82) is 0 Å². The summed E-state index contributed by atoms with van der Waals surface area (Å²) in [4.78, 5) is 9.89. The summed E-state index contributed by atoms with van der Waals surface area (Å²) in [5, 5.41) is 6.88. The molecule has 0 aromatic carbocycles. The van der Waals surface area contributed by atoms with Crippen molar-refractivity contribution in [2.45, 2.75) is 39.5 Å². The molecule has 1 atom stereocenters. The van der Waals surface area contributed by atoms with E-state index >= 15 is 0 Å². The topological polar surface area (TPSA) is 42.9 Å². The molecule has 128 valence electrons. The predicted octanol–water partition coefficient (Wildman–Crippen LogP) is 1.37. The van der Waals surface area contributed by atoms with Crippen molar-refractivity contribution in [2.75, 3.05) is 58.9 Å². The second kappa shape index (κ2) is 10.1. The highest BCUT2D eigenvalue weighted by molar-refractivity contribution is 5.79. The van der Waals surface area contributed by atoms with E-state index in [1.54, 1.807) is 0 Å². The molecule has 0 aliphatic carbocycles. The van der Waals surface area contributed by atoms with Gasteiger partial charge in [0, 0.05) is 32.7 Å². The van der Waals surface area contributed by atoms with Crippen molar-refractivity contribution < 1.29 is 0 Å². The molecular weight excluding hydrogens is 274 g/mol. The second-order valence-electron chi connectivity index (χ2n) is 6.60. The molecule has 5 heteroatoms. The average molecular weight is 310 g/mol. The van der Waals surface area contributed by atoms with Gasteiger partial charge in [0.25, 0.3) is 0 Å². The van der Waals surface area contributed by atoms with E-state index in [0.717, 1.165) is 38.1 Å². The van der Waals surface area contributed by atoms with Crippen molar-refractivity contribution in [3.63, 3.8) is 0 Å². The van der Waals surface area contributed by atoms with Crippen LogP contribution in [0, 0.1) is 5.92 Å². The van der Waals surface area contributed by atoms with Gasteiger partial charge in [-0.15, -0.1) is 0 Å². The van der Waals surface area contributed by atoms with Gasteiger partial charge in [-0.25, -0.2) is 0 Å². The smallest absolute Gasteiger partial charge is 0.191 e. The lowest BCUT2D eigenvalue weighted by Gasteiger charge is -2.26. The number of nitrogens with zero attached hydrogens (tertiary/aromatic N) is 3. The molecule has 2 aliphatic rings. The first-order valence-electron chi connectivity index (χ1n) is 9.28. The van der Waals surface area contributed by atoms with E-state index in [1.165, 1.54) is 58.4 Å². The average Bonchev–Trinajstić information content (AvgIpc) is 3.02. The molecule has 2 N–H and O–H groups in total. The first kappa shape index (κ1) is 17.5. The molecule has 2 rings (SSSR count). The van der Waals surface area contributed by atoms with E-state index in [9.17, 15) is 0 Å². The molecule has 0 bridgehead atoms. The number of nitrogens with one attached hydrogen (secondary N) is 2. The Kier molecular flexibility index (Phi) is 8.02. The quantitative estimate of drug-likeness (QED) is 0.551. The molecule has 22 heavy (non-hydrogen) atoms. The Hall–Kier alpha value is -0.810. The van der Waals surface area contributed by atoms with Crippen molar-refractivity contribution in [3.8, 4) is 0 Å². The minimum Gasteiger partial charge on any atom is -0.357 e. The van der Waals surface area contributed by atoms with Crippen molar-refractivity contribution >= 4 is 5.96 Å². The predicted molar refractivity (Wildman–Crippen MR) is 94.5 cm³/mol. The maximum absolute atomic E-state index is 4.80. The van der Waals surface area contributed by atoms with Gasteiger partial charge in [-0.3, -0.25) is 4.99 Å². The van der Waals surface area contributed by atoms with Crippen LogP contribution in [-0.2, 0) is 0 Å². The molecule has 2 fully saturated rings. The van der Waals surface area contributed by atoms with E-state index in [4.69, 9.17) is 4.99 Å². The summed E-state index contributed by atoms with van der Waals surface area (Å²) >= 11 is 0. The Morgan fingerprint density at radius 3 is 2.55 bits per heavy atom. The fraction of sp³-hybridized carbons (Fsp3) is 0.941. The minimum absolute atomic E-state index is 0.734. The summed E-state index contributed by atoms with van der Waals surface area (Å²) in [6.45, 7) is 14.6. The standard InChI is InChI=1S/C17H35N5/c1-3-18-17(19-9-13-22-10-6-5-7-11-22)20-14-16-8-12-21(4-2)15-16/h16H,3-15H2,1-2H3,(H2,18,19,20). The summed E-state index contributed by atoms with van der Waals surface area (Å²) in [5.74, 6) is 1.73. The van der Waals surface area contributed by atoms with Gasteiger partial charge in [-0.1, -0.05) is 13.3 Å². The summed E-state index contributed by atoms with van der Waals surface area (Å²) in [6, 6.07) is 0. The number of hydrogen-bond donors (Lipinski definition) is 2. The maximum Gasteiger partial charge on any atom is 0.191 e. The molecule has 0 radical (unpaired) electrons. The van der Waals surface area contributed by atoms with E-state index < -0.39 is 0 Å². The zero-order chi connectivity index (χ0) is 15.6. The Labute approximate surface area is 136 Å². The summed E-state index contributed by atoms with van der Waals surface area (Å²) < 4.78 is 0. The molecule has 5 nitrogen and oxygen atoms in total. The van der Waals surface area contributed by atoms with Crippen LogP contribution in [0.1, 0.15) is 39.5 Å². The van der Waals surface area contributed by atoms with Crippen LogP contribution < -0.4 is 10.6 Å². The first-order chi connectivity index (χ1) is 10.8. The molecule has 2 aliphatic heterocycles. The number of guanidine groups is 1. The third-order valence-electron chi connectivity index (χ3n) is 4.84. The Bertz CT molecular complexity index is 325. The minimum atomic E-state index is 0.734. The number of rotatable bonds is 7. The van der Waals surface area contributed by atoms with Crippen LogP contribution in [0.15, 0.2) is 4.99 Å². The molecular formula is C17H35N5. The van der Waals surface area contributed by atoms with Gasteiger partial charge in [0.15, 0.2) is 5.96 Å². The molecule has 2 heterocycles. The zero-order valence-electron chi connectivity index (χ0n) is 14.6. The van der Waals surface area contributed by atoms with Crippen LogP contribution in [0.2, 0.25) is 0 Å². The van der Waals surface area contributed by atoms with E-state index in [0.29, 0.717) is 0 Å². The largest absolute Gasteiger partial charge is 0.357 e. The molecule has 1 unspecified atom stereocenters. The van der Waals surface area contributed by atoms with E-state index in [1.807, 2.05) is 0 Å². The van der Waals surface area contributed by atoms with Gasteiger partial charge < -0.3 is 20.4 Å². The van der Waals surface area contributed by atoms with Gasteiger partial charge in [0.2, 0.25) is 0 Å². The zero-order valence-corrected chi connectivity index (χ0v) is 14.6. The Balaban J connectivity index is 1.68. The normalized spacial score (nSPS) is 24.6. The van der Waals surface area contributed by atoms with Crippen LogP contribution >= 0.6 is 0 Å². The van der Waals surface area contributed by atoms with E-state index in [2.05, 4.69) is 34.3 Å². The molecule has 0 aromatic rings. The van der Waals surface area contributed by atoms with Crippen LogP contribution in [-0.4, -0.2) is 74.7 Å². The highest BCUT2D eigenvalue weighted by Gasteiger charge is 2.20. The number of hydrogen-bond acceptors (Lipinski definition) is 3. The van der Waals surface area contributed by atoms with Gasteiger partial charge in [0.1, 0.15) is 0 Å². The lowest BCUT2D eigenvalue weighted by molar-refractivity contribution is 0.232. The lowest BCUT2D eigenvalue weighted by atomic mass is 10.1. The van der Waals surface area contributed by atoms with Gasteiger partial charge in [-0.2, -0.15) is 0 Å².